The van der Waals surface area contributed by atoms with Crippen molar-refractivity contribution < 1.29 is 15.0 Å². The van der Waals surface area contributed by atoms with Gasteiger partial charge in [0.15, 0.2) is 0 Å². The number of oxime groups is 1. The van der Waals surface area contributed by atoms with Crippen LogP contribution in [0.3, 0.4) is 0 Å². The first-order chi connectivity index (χ1) is 6.43. The minimum atomic E-state index is 0.597. The third kappa shape index (κ3) is 3.92. The fourth-order valence-corrected chi connectivity index (χ4v) is 0.598. The summed E-state index contributed by atoms with van der Waals surface area (Å²) < 4.78 is 0. The lowest BCUT2D eigenvalue weighted by molar-refractivity contribution is -0.221. The SMILES string of the molecule is C1=COOC1.ON=Cc1c[nH]cn1. The minimum absolute atomic E-state index is 0.597. The van der Waals surface area contributed by atoms with Gasteiger partial charge in [0.2, 0.25) is 0 Å². The Labute approximate surface area is 74.4 Å². The Bertz CT molecular complexity index is 263. The maximum Gasteiger partial charge on any atom is 0.128 e. The van der Waals surface area contributed by atoms with Crippen LogP contribution in [-0.4, -0.2) is 28.0 Å². The summed E-state index contributed by atoms with van der Waals surface area (Å²) in [5.74, 6) is 0. The zero-order valence-corrected chi connectivity index (χ0v) is 6.75. The summed E-state index contributed by atoms with van der Waals surface area (Å²) in [6.45, 7) is 0.597. The Morgan fingerprint density at radius 3 is 3.00 bits per heavy atom. The van der Waals surface area contributed by atoms with Gasteiger partial charge in [-0.25, -0.2) is 4.98 Å². The standard InChI is InChI=1S/C4H5N3O.C3H4O2/c8-7-2-4-1-5-3-6-4;1-2-4-5-3-1/h1-3,8H,(H,5,6);1-2H,3H2. The van der Waals surface area contributed by atoms with Crippen LogP contribution in [0.2, 0.25) is 0 Å². The number of hydrogen-bond donors (Lipinski definition) is 2. The number of rotatable bonds is 1. The highest BCUT2D eigenvalue weighted by atomic mass is 17.2. The monoisotopic (exact) mass is 183 g/mol. The number of aromatic amines is 1. The summed E-state index contributed by atoms with van der Waals surface area (Å²) in [4.78, 5) is 15.0. The van der Waals surface area contributed by atoms with Crippen LogP contribution in [0.15, 0.2) is 30.0 Å². The molecule has 0 saturated carbocycles. The van der Waals surface area contributed by atoms with E-state index in [0.29, 0.717) is 12.3 Å². The van der Waals surface area contributed by atoms with Crippen molar-refractivity contribution in [3.63, 3.8) is 0 Å². The average molecular weight is 183 g/mol. The van der Waals surface area contributed by atoms with Crippen molar-refractivity contribution >= 4 is 6.21 Å². The van der Waals surface area contributed by atoms with Crippen LogP contribution in [-0.2, 0) is 9.78 Å². The molecule has 2 N–H and O–H groups in total. The Hall–Kier alpha value is -1.82. The predicted octanol–water partition coefficient (Wildman–Crippen LogP) is 0.680. The van der Waals surface area contributed by atoms with E-state index in [2.05, 4.69) is 24.9 Å². The second-order valence-electron chi connectivity index (χ2n) is 1.99. The van der Waals surface area contributed by atoms with Crippen LogP contribution in [0.4, 0.5) is 0 Å². The Morgan fingerprint density at radius 1 is 1.69 bits per heavy atom. The molecule has 0 aromatic carbocycles. The van der Waals surface area contributed by atoms with Gasteiger partial charge in [0.05, 0.1) is 12.5 Å². The lowest BCUT2D eigenvalue weighted by Crippen LogP contribution is -1.76. The van der Waals surface area contributed by atoms with Crippen molar-refractivity contribution in [2.45, 2.75) is 0 Å². The molecule has 0 unspecified atom stereocenters. The van der Waals surface area contributed by atoms with Crippen molar-refractivity contribution in [2.24, 2.45) is 5.16 Å². The molecule has 13 heavy (non-hydrogen) atoms. The van der Waals surface area contributed by atoms with Crippen LogP contribution in [0.1, 0.15) is 5.69 Å². The van der Waals surface area contributed by atoms with Crippen molar-refractivity contribution in [2.75, 3.05) is 6.61 Å². The zero-order valence-electron chi connectivity index (χ0n) is 6.75. The molecule has 0 fully saturated rings. The van der Waals surface area contributed by atoms with Gasteiger partial charge in [-0.3, -0.25) is 0 Å². The van der Waals surface area contributed by atoms with E-state index in [-0.39, 0.29) is 0 Å². The number of nitrogens with one attached hydrogen (secondary N) is 1. The number of aromatic nitrogens is 2. The van der Waals surface area contributed by atoms with Crippen molar-refractivity contribution in [3.05, 3.63) is 30.6 Å². The fraction of sp³-hybridized carbons (Fsp3) is 0.143. The van der Waals surface area contributed by atoms with Gasteiger partial charge in [-0.05, 0) is 6.08 Å². The topological polar surface area (TPSA) is 79.7 Å². The molecule has 0 atom stereocenters. The van der Waals surface area contributed by atoms with E-state index < -0.39 is 0 Å². The molecule has 6 nitrogen and oxygen atoms in total. The molecule has 0 amide bonds. The van der Waals surface area contributed by atoms with E-state index in [1.165, 1.54) is 18.8 Å². The lowest BCUT2D eigenvalue weighted by Gasteiger charge is -1.80. The molecular formula is C7H9N3O3. The van der Waals surface area contributed by atoms with Gasteiger partial charge in [0.25, 0.3) is 0 Å². The molecule has 0 bridgehead atoms. The van der Waals surface area contributed by atoms with Crippen LogP contribution < -0.4 is 0 Å². The van der Waals surface area contributed by atoms with E-state index in [1.807, 2.05) is 0 Å². The molecule has 0 radical (unpaired) electrons. The maximum atomic E-state index is 7.95. The molecule has 1 aromatic heterocycles. The Balaban J connectivity index is 0.000000145. The lowest BCUT2D eigenvalue weighted by atomic mass is 10.5. The van der Waals surface area contributed by atoms with Crippen LogP contribution in [0.5, 0.6) is 0 Å². The molecule has 0 aliphatic carbocycles. The summed E-state index contributed by atoms with van der Waals surface area (Å²) in [7, 11) is 0. The van der Waals surface area contributed by atoms with Crippen LogP contribution >= 0.6 is 0 Å². The van der Waals surface area contributed by atoms with Gasteiger partial charge in [-0.1, -0.05) is 5.16 Å². The van der Waals surface area contributed by atoms with Crippen molar-refractivity contribution in [1.29, 1.82) is 0 Å². The summed E-state index contributed by atoms with van der Waals surface area (Å²) in [5, 5.41) is 10.7. The summed E-state index contributed by atoms with van der Waals surface area (Å²) in [6.07, 6.45) is 7.69. The van der Waals surface area contributed by atoms with E-state index in [4.69, 9.17) is 5.21 Å². The molecule has 0 saturated heterocycles. The Morgan fingerprint density at radius 2 is 2.62 bits per heavy atom. The maximum absolute atomic E-state index is 7.95. The molecule has 2 heterocycles. The first kappa shape index (κ1) is 9.27. The van der Waals surface area contributed by atoms with E-state index in [1.54, 1.807) is 12.3 Å². The molecule has 2 rings (SSSR count). The first-order valence-corrected chi connectivity index (χ1v) is 3.53. The quantitative estimate of drug-likeness (QED) is 0.290. The smallest absolute Gasteiger partial charge is 0.128 e. The average Bonchev–Trinajstić information content (AvgIpc) is 2.79. The molecule has 70 valence electrons. The molecule has 1 aliphatic heterocycles. The fourth-order valence-electron chi connectivity index (χ4n) is 0.598. The number of H-pyrrole nitrogens is 1. The first-order valence-electron chi connectivity index (χ1n) is 3.53. The van der Waals surface area contributed by atoms with E-state index in [9.17, 15) is 0 Å². The molecule has 1 aromatic rings. The number of hydrogen-bond acceptors (Lipinski definition) is 5. The third-order valence-corrected chi connectivity index (χ3v) is 1.09. The molecule has 1 aliphatic rings. The van der Waals surface area contributed by atoms with Crippen LogP contribution in [0, 0.1) is 0 Å². The highest BCUT2D eigenvalue weighted by Gasteiger charge is 1.84. The molecule has 6 heteroatoms. The van der Waals surface area contributed by atoms with Gasteiger partial charge in [-0.2, -0.15) is 4.89 Å². The van der Waals surface area contributed by atoms with Crippen LogP contribution in [0.25, 0.3) is 0 Å². The summed E-state index contributed by atoms with van der Waals surface area (Å²) in [6, 6.07) is 0. The molecule has 0 spiro atoms. The highest BCUT2D eigenvalue weighted by molar-refractivity contribution is 5.75. The zero-order chi connectivity index (χ0) is 9.36. The second kappa shape index (κ2) is 5.78. The van der Waals surface area contributed by atoms with E-state index >= 15 is 0 Å². The normalized spacial score (nSPS) is 13.8. The van der Waals surface area contributed by atoms with Gasteiger partial charge < -0.3 is 15.1 Å². The number of nitrogens with zero attached hydrogens (tertiary/aromatic N) is 2. The highest BCUT2D eigenvalue weighted by Crippen LogP contribution is 1.88. The van der Waals surface area contributed by atoms with Gasteiger partial charge >= 0.3 is 0 Å². The Kier molecular flexibility index (Phi) is 4.12. The third-order valence-electron chi connectivity index (χ3n) is 1.09. The van der Waals surface area contributed by atoms with Crippen molar-refractivity contribution in [1.82, 2.24) is 9.97 Å². The molecular weight excluding hydrogens is 174 g/mol. The largest absolute Gasteiger partial charge is 0.411 e. The minimum Gasteiger partial charge on any atom is -0.411 e. The number of imidazole rings is 1. The van der Waals surface area contributed by atoms with E-state index in [0.717, 1.165) is 0 Å². The summed E-state index contributed by atoms with van der Waals surface area (Å²) in [5.41, 5.74) is 0.618. The van der Waals surface area contributed by atoms with Crippen molar-refractivity contribution in [3.8, 4) is 0 Å². The second-order valence-corrected chi connectivity index (χ2v) is 1.99. The summed E-state index contributed by atoms with van der Waals surface area (Å²) >= 11 is 0. The predicted molar refractivity (Wildman–Crippen MR) is 44.1 cm³/mol. The van der Waals surface area contributed by atoms with Gasteiger partial charge in [-0.15, -0.1) is 0 Å². The van der Waals surface area contributed by atoms with Gasteiger partial charge in [0.1, 0.15) is 18.6 Å². The van der Waals surface area contributed by atoms with Gasteiger partial charge in [0, 0.05) is 6.20 Å².